The Morgan fingerprint density at radius 1 is 1.08 bits per heavy atom. The SMILES string of the molecule is Cc1cc(COc2c(Br)cc(Br)cc2-c2ccccc2)n(O)c(=O)c1. The smallest absolute Gasteiger partial charge is 0.283 e. The fraction of sp³-hybridized carbons (Fsp3) is 0.105. The first-order chi connectivity index (χ1) is 12.0. The van der Waals surface area contributed by atoms with Crippen LogP contribution in [-0.2, 0) is 6.61 Å². The van der Waals surface area contributed by atoms with E-state index in [0.717, 1.165) is 25.6 Å². The Labute approximate surface area is 161 Å². The molecule has 0 fully saturated rings. The predicted molar refractivity (Wildman–Crippen MR) is 104 cm³/mol. The van der Waals surface area contributed by atoms with Gasteiger partial charge in [-0.05, 0) is 52.2 Å². The van der Waals surface area contributed by atoms with E-state index in [1.807, 2.05) is 42.5 Å². The van der Waals surface area contributed by atoms with E-state index in [4.69, 9.17) is 4.74 Å². The summed E-state index contributed by atoms with van der Waals surface area (Å²) in [5.74, 6) is 0.642. The number of pyridine rings is 1. The average Bonchev–Trinajstić information content (AvgIpc) is 2.58. The Balaban J connectivity index is 2.00. The highest BCUT2D eigenvalue weighted by atomic mass is 79.9. The summed E-state index contributed by atoms with van der Waals surface area (Å²) >= 11 is 7.03. The number of rotatable bonds is 4. The molecule has 0 aliphatic rings. The van der Waals surface area contributed by atoms with Crippen molar-refractivity contribution < 1.29 is 9.94 Å². The minimum atomic E-state index is -0.475. The van der Waals surface area contributed by atoms with Crippen molar-refractivity contribution >= 4 is 31.9 Å². The van der Waals surface area contributed by atoms with Gasteiger partial charge in [0.2, 0.25) is 0 Å². The van der Waals surface area contributed by atoms with Gasteiger partial charge in [0.1, 0.15) is 12.4 Å². The van der Waals surface area contributed by atoms with Crippen LogP contribution in [0.1, 0.15) is 11.3 Å². The molecule has 2 aromatic carbocycles. The lowest BCUT2D eigenvalue weighted by Crippen LogP contribution is -2.22. The van der Waals surface area contributed by atoms with Crippen LogP contribution in [0.25, 0.3) is 11.1 Å². The summed E-state index contributed by atoms with van der Waals surface area (Å²) in [4.78, 5) is 11.7. The van der Waals surface area contributed by atoms with E-state index in [-0.39, 0.29) is 6.61 Å². The first kappa shape index (κ1) is 17.8. The van der Waals surface area contributed by atoms with Gasteiger partial charge >= 0.3 is 0 Å². The summed E-state index contributed by atoms with van der Waals surface area (Å²) in [5, 5.41) is 9.90. The maximum Gasteiger partial charge on any atom is 0.283 e. The highest BCUT2D eigenvalue weighted by Crippen LogP contribution is 2.39. The molecule has 128 valence electrons. The molecule has 1 aromatic heterocycles. The van der Waals surface area contributed by atoms with Crippen LogP contribution >= 0.6 is 31.9 Å². The van der Waals surface area contributed by atoms with Gasteiger partial charge in [-0.3, -0.25) is 4.79 Å². The van der Waals surface area contributed by atoms with Crippen LogP contribution < -0.4 is 10.3 Å². The Hall–Kier alpha value is -2.05. The molecule has 0 unspecified atom stereocenters. The molecular weight excluding hydrogens is 450 g/mol. The quantitative estimate of drug-likeness (QED) is 0.542. The summed E-state index contributed by atoms with van der Waals surface area (Å²) in [6.07, 6.45) is 0. The molecule has 0 saturated carbocycles. The molecule has 25 heavy (non-hydrogen) atoms. The van der Waals surface area contributed by atoms with Crippen molar-refractivity contribution in [2.24, 2.45) is 0 Å². The normalized spacial score (nSPS) is 10.7. The summed E-state index contributed by atoms with van der Waals surface area (Å²) in [6.45, 7) is 1.86. The topological polar surface area (TPSA) is 51.5 Å². The molecule has 0 amide bonds. The molecular formula is C19H15Br2NO3. The molecule has 0 bridgehead atoms. The van der Waals surface area contributed by atoms with Crippen molar-refractivity contribution in [3.8, 4) is 16.9 Å². The second-order valence-electron chi connectivity index (χ2n) is 5.59. The van der Waals surface area contributed by atoms with Gasteiger partial charge < -0.3 is 9.94 Å². The van der Waals surface area contributed by atoms with Crippen LogP contribution in [-0.4, -0.2) is 9.94 Å². The first-order valence-corrected chi connectivity index (χ1v) is 9.13. The van der Waals surface area contributed by atoms with Crippen molar-refractivity contribution in [2.45, 2.75) is 13.5 Å². The van der Waals surface area contributed by atoms with E-state index in [2.05, 4.69) is 31.9 Å². The standard InChI is InChI=1S/C19H15Br2NO3/c1-12-7-15(22(24)18(23)8-12)11-25-19-16(9-14(20)10-17(19)21)13-5-3-2-4-6-13/h2-10,24H,11H2,1H3. The van der Waals surface area contributed by atoms with Crippen LogP contribution in [0.15, 0.2) is 68.3 Å². The minimum absolute atomic E-state index is 0.0630. The van der Waals surface area contributed by atoms with Crippen molar-refractivity contribution in [3.05, 3.63) is 85.2 Å². The number of hydrogen-bond acceptors (Lipinski definition) is 3. The molecule has 3 aromatic rings. The maximum absolute atomic E-state index is 11.7. The molecule has 0 radical (unpaired) electrons. The molecule has 4 nitrogen and oxygen atoms in total. The summed E-state index contributed by atoms with van der Waals surface area (Å²) in [7, 11) is 0. The third kappa shape index (κ3) is 3.96. The third-order valence-electron chi connectivity index (χ3n) is 3.68. The van der Waals surface area contributed by atoms with Crippen LogP contribution in [0.5, 0.6) is 5.75 Å². The lowest BCUT2D eigenvalue weighted by Gasteiger charge is -2.15. The number of benzene rings is 2. The lowest BCUT2D eigenvalue weighted by molar-refractivity contribution is 0.147. The molecule has 6 heteroatoms. The molecule has 1 N–H and O–H groups in total. The van der Waals surface area contributed by atoms with Gasteiger partial charge in [0.25, 0.3) is 5.56 Å². The number of ether oxygens (including phenoxy) is 1. The molecule has 3 rings (SSSR count). The van der Waals surface area contributed by atoms with Gasteiger partial charge in [-0.25, -0.2) is 0 Å². The van der Waals surface area contributed by atoms with E-state index in [0.29, 0.717) is 16.2 Å². The van der Waals surface area contributed by atoms with Crippen molar-refractivity contribution in [2.75, 3.05) is 0 Å². The van der Waals surface area contributed by atoms with E-state index in [9.17, 15) is 10.0 Å². The Morgan fingerprint density at radius 2 is 1.80 bits per heavy atom. The van der Waals surface area contributed by atoms with Crippen molar-refractivity contribution in [3.63, 3.8) is 0 Å². The zero-order chi connectivity index (χ0) is 18.0. The fourth-order valence-corrected chi connectivity index (χ4v) is 3.89. The monoisotopic (exact) mass is 463 g/mol. The summed E-state index contributed by atoms with van der Waals surface area (Å²) in [5.41, 5.74) is 2.59. The molecule has 0 saturated heterocycles. The molecule has 1 heterocycles. The zero-order valence-corrected chi connectivity index (χ0v) is 16.5. The largest absolute Gasteiger partial charge is 0.485 e. The molecule has 0 atom stereocenters. The molecule has 0 aliphatic heterocycles. The van der Waals surface area contributed by atoms with Gasteiger partial charge in [-0.15, -0.1) is 4.73 Å². The maximum atomic E-state index is 11.7. The van der Waals surface area contributed by atoms with Crippen molar-refractivity contribution in [1.29, 1.82) is 0 Å². The lowest BCUT2D eigenvalue weighted by atomic mass is 10.0. The fourth-order valence-electron chi connectivity index (χ4n) is 2.55. The van der Waals surface area contributed by atoms with Gasteiger partial charge in [0.05, 0.1) is 10.2 Å². The van der Waals surface area contributed by atoms with E-state index >= 15 is 0 Å². The van der Waals surface area contributed by atoms with Gasteiger partial charge in [-0.1, -0.05) is 46.3 Å². The highest BCUT2D eigenvalue weighted by molar-refractivity contribution is 9.11. The number of hydrogen-bond donors (Lipinski definition) is 1. The molecule has 0 spiro atoms. The molecule has 0 aliphatic carbocycles. The van der Waals surface area contributed by atoms with E-state index in [1.165, 1.54) is 6.07 Å². The Kier molecular flexibility index (Phi) is 5.30. The summed E-state index contributed by atoms with van der Waals surface area (Å²) in [6, 6.07) is 16.8. The second-order valence-corrected chi connectivity index (χ2v) is 7.36. The zero-order valence-electron chi connectivity index (χ0n) is 13.4. The van der Waals surface area contributed by atoms with Crippen LogP contribution in [0.2, 0.25) is 0 Å². The van der Waals surface area contributed by atoms with Gasteiger partial charge in [0.15, 0.2) is 0 Å². The first-order valence-electron chi connectivity index (χ1n) is 7.55. The minimum Gasteiger partial charge on any atom is -0.485 e. The van der Waals surface area contributed by atoms with E-state index < -0.39 is 5.56 Å². The number of halogens is 2. The number of aromatic nitrogens is 1. The predicted octanol–water partition coefficient (Wildman–Crippen LogP) is 5.17. The number of nitrogens with zero attached hydrogens (tertiary/aromatic N) is 1. The Morgan fingerprint density at radius 3 is 2.52 bits per heavy atom. The van der Waals surface area contributed by atoms with E-state index in [1.54, 1.807) is 13.0 Å². The average molecular weight is 465 g/mol. The van der Waals surface area contributed by atoms with Gasteiger partial charge in [0, 0.05) is 16.1 Å². The van der Waals surface area contributed by atoms with Crippen LogP contribution in [0.3, 0.4) is 0 Å². The summed E-state index contributed by atoms with van der Waals surface area (Å²) < 4.78 is 8.27. The number of aryl methyl sites for hydroxylation is 1. The second kappa shape index (κ2) is 7.45. The van der Waals surface area contributed by atoms with Crippen LogP contribution in [0, 0.1) is 6.92 Å². The third-order valence-corrected chi connectivity index (χ3v) is 4.73. The van der Waals surface area contributed by atoms with Crippen LogP contribution in [0.4, 0.5) is 0 Å². The van der Waals surface area contributed by atoms with Gasteiger partial charge in [-0.2, -0.15) is 0 Å². The Bertz CT molecular complexity index is 968. The van der Waals surface area contributed by atoms with Crippen molar-refractivity contribution in [1.82, 2.24) is 4.73 Å². The highest BCUT2D eigenvalue weighted by Gasteiger charge is 2.14.